The van der Waals surface area contributed by atoms with Gasteiger partial charge in [0, 0.05) is 18.5 Å². The minimum absolute atomic E-state index is 0.237. The SMILES string of the molecule is COc1cc(C#CCCNC(=O)OCc2ccccc2)ccc1C=O. The maximum atomic E-state index is 11.6. The predicted molar refractivity (Wildman–Crippen MR) is 94.5 cm³/mol. The first kappa shape index (κ1) is 18.1. The molecule has 0 aliphatic carbocycles. The minimum atomic E-state index is -0.470. The van der Waals surface area contributed by atoms with Crippen molar-refractivity contribution in [2.24, 2.45) is 0 Å². The van der Waals surface area contributed by atoms with Crippen LogP contribution in [0, 0.1) is 11.8 Å². The quantitative estimate of drug-likeness (QED) is 0.499. The number of rotatable bonds is 6. The molecular weight excluding hydrogens is 318 g/mol. The Morgan fingerprint density at radius 2 is 2.00 bits per heavy atom. The summed E-state index contributed by atoms with van der Waals surface area (Å²) in [4.78, 5) is 22.4. The third-order valence-corrected chi connectivity index (χ3v) is 3.33. The maximum Gasteiger partial charge on any atom is 0.407 e. The van der Waals surface area contributed by atoms with Gasteiger partial charge in [-0.25, -0.2) is 4.79 Å². The highest BCUT2D eigenvalue weighted by molar-refractivity contribution is 5.79. The van der Waals surface area contributed by atoms with Crippen LogP contribution >= 0.6 is 0 Å². The number of hydrogen-bond acceptors (Lipinski definition) is 4. The van der Waals surface area contributed by atoms with Crippen LogP contribution in [0.3, 0.4) is 0 Å². The summed E-state index contributed by atoms with van der Waals surface area (Å²) < 4.78 is 10.2. The number of aldehydes is 1. The lowest BCUT2D eigenvalue weighted by Crippen LogP contribution is -2.24. The van der Waals surface area contributed by atoms with Crippen LogP contribution in [-0.2, 0) is 11.3 Å². The highest BCUT2D eigenvalue weighted by Gasteiger charge is 2.02. The molecule has 0 spiro atoms. The van der Waals surface area contributed by atoms with Gasteiger partial charge >= 0.3 is 6.09 Å². The molecule has 0 saturated carbocycles. The maximum absolute atomic E-state index is 11.6. The highest BCUT2D eigenvalue weighted by atomic mass is 16.5. The van der Waals surface area contributed by atoms with E-state index >= 15 is 0 Å². The van der Waals surface area contributed by atoms with Crippen LogP contribution in [0.25, 0.3) is 0 Å². The first-order chi connectivity index (χ1) is 12.2. The molecule has 0 unspecified atom stereocenters. The number of benzene rings is 2. The monoisotopic (exact) mass is 337 g/mol. The molecule has 0 saturated heterocycles. The van der Waals surface area contributed by atoms with Gasteiger partial charge in [-0.1, -0.05) is 42.2 Å². The Bertz CT molecular complexity index is 775. The number of alkyl carbamates (subject to hydrolysis) is 1. The highest BCUT2D eigenvalue weighted by Crippen LogP contribution is 2.17. The zero-order chi connectivity index (χ0) is 17.9. The Balaban J connectivity index is 1.73. The van der Waals surface area contributed by atoms with E-state index in [1.807, 2.05) is 30.3 Å². The van der Waals surface area contributed by atoms with E-state index in [4.69, 9.17) is 9.47 Å². The van der Waals surface area contributed by atoms with E-state index in [0.29, 0.717) is 24.3 Å². The minimum Gasteiger partial charge on any atom is -0.496 e. The summed E-state index contributed by atoms with van der Waals surface area (Å²) in [6.45, 7) is 0.630. The fourth-order valence-corrected chi connectivity index (χ4v) is 2.05. The van der Waals surface area contributed by atoms with Crippen molar-refractivity contribution in [3.63, 3.8) is 0 Å². The number of ether oxygens (including phenoxy) is 2. The van der Waals surface area contributed by atoms with E-state index in [9.17, 15) is 9.59 Å². The van der Waals surface area contributed by atoms with Crippen LogP contribution in [0.1, 0.15) is 27.9 Å². The first-order valence-electron chi connectivity index (χ1n) is 7.79. The summed E-state index contributed by atoms with van der Waals surface area (Å²) in [5.74, 6) is 6.41. The van der Waals surface area contributed by atoms with Gasteiger partial charge in [0.15, 0.2) is 6.29 Å². The largest absolute Gasteiger partial charge is 0.496 e. The van der Waals surface area contributed by atoms with Crippen LogP contribution in [-0.4, -0.2) is 26.0 Å². The Kier molecular flexibility index (Phi) is 7.08. The molecule has 0 radical (unpaired) electrons. The lowest BCUT2D eigenvalue weighted by Gasteiger charge is -2.05. The molecule has 0 aromatic heterocycles. The normalized spacial score (nSPS) is 9.48. The van der Waals surface area contributed by atoms with E-state index in [1.54, 1.807) is 18.2 Å². The van der Waals surface area contributed by atoms with Crippen LogP contribution in [0.15, 0.2) is 48.5 Å². The van der Waals surface area contributed by atoms with E-state index in [-0.39, 0.29) is 6.61 Å². The molecule has 0 aliphatic rings. The number of hydrogen-bond donors (Lipinski definition) is 1. The predicted octanol–water partition coefficient (Wildman–Crippen LogP) is 3.18. The molecule has 5 nitrogen and oxygen atoms in total. The second kappa shape index (κ2) is 9.78. The summed E-state index contributed by atoms with van der Waals surface area (Å²) in [6, 6.07) is 14.6. The number of amides is 1. The number of nitrogens with one attached hydrogen (secondary N) is 1. The van der Waals surface area contributed by atoms with Crippen molar-refractivity contribution in [3.05, 3.63) is 65.2 Å². The van der Waals surface area contributed by atoms with Crippen molar-refractivity contribution >= 4 is 12.4 Å². The van der Waals surface area contributed by atoms with Crippen LogP contribution in [0.5, 0.6) is 5.75 Å². The van der Waals surface area contributed by atoms with Crippen molar-refractivity contribution < 1.29 is 19.1 Å². The second-order valence-corrected chi connectivity index (χ2v) is 5.11. The summed E-state index contributed by atoms with van der Waals surface area (Å²) in [5, 5.41) is 2.65. The van der Waals surface area contributed by atoms with Crippen LogP contribution in [0.4, 0.5) is 4.79 Å². The van der Waals surface area contributed by atoms with Crippen molar-refractivity contribution in [2.75, 3.05) is 13.7 Å². The summed E-state index contributed by atoms with van der Waals surface area (Å²) in [5.41, 5.74) is 2.16. The number of carbonyl (C=O) groups is 2. The van der Waals surface area contributed by atoms with Crippen LogP contribution in [0.2, 0.25) is 0 Å². The fraction of sp³-hybridized carbons (Fsp3) is 0.200. The van der Waals surface area contributed by atoms with E-state index in [0.717, 1.165) is 17.4 Å². The van der Waals surface area contributed by atoms with Gasteiger partial charge in [-0.2, -0.15) is 0 Å². The van der Waals surface area contributed by atoms with Gasteiger partial charge in [0.2, 0.25) is 0 Å². The van der Waals surface area contributed by atoms with Gasteiger partial charge < -0.3 is 14.8 Å². The average Bonchev–Trinajstić information content (AvgIpc) is 2.66. The van der Waals surface area contributed by atoms with E-state index in [1.165, 1.54) is 7.11 Å². The summed E-state index contributed by atoms with van der Waals surface area (Å²) in [7, 11) is 1.50. The summed E-state index contributed by atoms with van der Waals surface area (Å²) >= 11 is 0. The van der Waals surface area contributed by atoms with Crippen molar-refractivity contribution in [2.45, 2.75) is 13.0 Å². The zero-order valence-electron chi connectivity index (χ0n) is 14.0. The van der Waals surface area contributed by atoms with E-state index in [2.05, 4.69) is 17.2 Å². The smallest absolute Gasteiger partial charge is 0.407 e. The third kappa shape index (κ3) is 6.04. The molecule has 2 rings (SSSR count). The molecule has 1 N–H and O–H groups in total. The van der Waals surface area contributed by atoms with Gasteiger partial charge in [0.1, 0.15) is 12.4 Å². The molecule has 5 heteroatoms. The summed E-state index contributed by atoms with van der Waals surface area (Å²) in [6.07, 6.45) is 0.752. The Hall–Kier alpha value is -3.26. The van der Waals surface area contributed by atoms with Crippen molar-refractivity contribution in [1.82, 2.24) is 5.32 Å². The van der Waals surface area contributed by atoms with Gasteiger partial charge in [-0.3, -0.25) is 4.79 Å². The second-order valence-electron chi connectivity index (χ2n) is 5.11. The van der Waals surface area contributed by atoms with Gasteiger partial charge in [0.25, 0.3) is 0 Å². The molecule has 1 amide bonds. The average molecular weight is 337 g/mol. The van der Waals surface area contributed by atoms with Crippen molar-refractivity contribution in [3.8, 4) is 17.6 Å². The molecule has 0 bridgehead atoms. The Labute approximate surface area is 147 Å². The van der Waals surface area contributed by atoms with Crippen LogP contribution < -0.4 is 10.1 Å². The molecule has 128 valence electrons. The molecule has 0 atom stereocenters. The van der Waals surface area contributed by atoms with Gasteiger partial charge in [-0.05, 0) is 23.8 Å². The number of carbonyl (C=O) groups excluding carboxylic acids is 2. The first-order valence-corrected chi connectivity index (χ1v) is 7.79. The molecule has 25 heavy (non-hydrogen) atoms. The fourth-order valence-electron chi connectivity index (χ4n) is 2.05. The van der Waals surface area contributed by atoms with Gasteiger partial charge in [-0.15, -0.1) is 0 Å². The molecule has 2 aromatic carbocycles. The lowest BCUT2D eigenvalue weighted by molar-refractivity contribution is 0.112. The topological polar surface area (TPSA) is 64.6 Å². The lowest BCUT2D eigenvalue weighted by atomic mass is 10.1. The molecule has 0 fully saturated rings. The van der Waals surface area contributed by atoms with Crippen molar-refractivity contribution in [1.29, 1.82) is 0 Å². The Morgan fingerprint density at radius 1 is 1.20 bits per heavy atom. The molecule has 0 aliphatic heterocycles. The molecule has 2 aromatic rings. The molecular formula is C20H19NO4. The van der Waals surface area contributed by atoms with E-state index < -0.39 is 6.09 Å². The zero-order valence-corrected chi connectivity index (χ0v) is 14.0. The standard InChI is InChI=1S/C20H19NO4/c1-24-19-13-16(10-11-18(19)14-22)7-5-6-12-21-20(23)25-15-17-8-3-2-4-9-17/h2-4,8-11,13-14H,6,12,15H2,1H3,(H,21,23). The molecule has 0 heterocycles. The van der Waals surface area contributed by atoms with Gasteiger partial charge in [0.05, 0.1) is 12.7 Å². The Morgan fingerprint density at radius 3 is 2.72 bits per heavy atom. The number of methoxy groups -OCH3 is 1. The third-order valence-electron chi connectivity index (χ3n) is 3.33.